The molecule has 0 saturated carbocycles. The summed E-state index contributed by atoms with van der Waals surface area (Å²) in [6.07, 6.45) is 1.16. The first-order valence-electron chi connectivity index (χ1n) is 6.03. The lowest BCUT2D eigenvalue weighted by Crippen LogP contribution is -2.53. The van der Waals surface area contributed by atoms with Crippen LogP contribution in [0.2, 0.25) is 0 Å². The van der Waals surface area contributed by atoms with Gasteiger partial charge in [0.1, 0.15) is 0 Å². The predicted molar refractivity (Wildman–Crippen MR) is 63.8 cm³/mol. The van der Waals surface area contributed by atoms with Gasteiger partial charge in [0.15, 0.2) is 0 Å². The van der Waals surface area contributed by atoms with Crippen LogP contribution in [-0.2, 0) is 4.74 Å². The first-order chi connectivity index (χ1) is 7.04. The maximum atomic E-state index is 6.07. The fourth-order valence-corrected chi connectivity index (χ4v) is 2.60. The maximum absolute atomic E-state index is 6.07. The molecule has 0 aromatic carbocycles. The van der Waals surface area contributed by atoms with Crippen molar-refractivity contribution in [2.75, 3.05) is 26.8 Å². The summed E-state index contributed by atoms with van der Waals surface area (Å²) in [5.74, 6) is 1.34. The second kappa shape index (κ2) is 5.83. The molecule has 0 aliphatic carbocycles. The van der Waals surface area contributed by atoms with Gasteiger partial charge in [0, 0.05) is 32.3 Å². The summed E-state index contributed by atoms with van der Waals surface area (Å²) in [6, 6.07) is 0.857. The number of rotatable bonds is 4. The van der Waals surface area contributed by atoms with Gasteiger partial charge in [-0.3, -0.25) is 4.90 Å². The van der Waals surface area contributed by atoms with Gasteiger partial charge in [-0.15, -0.1) is 0 Å². The van der Waals surface area contributed by atoms with Gasteiger partial charge >= 0.3 is 0 Å². The van der Waals surface area contributed by atoms with E-state index in [0.29, 0.717) is 23.9 Å². The van der Waals surface area contributed by atoms with Crippen LogP contribution in [0, 0.1) is 11.8 Å². The summed E-state index contributed by atoms with van der Waals surface area (Å²) in [7, 11) is 1.78. The molecule has 3 atom stereocenters. The van der Waals surface area contributed by atoms with Crippen LogP contribution < -0.4 is 5.73 Å². The topological polar surface area (TPSA) is 38.5 Å². The molecular formula is C12H26N2O. The summed E-state index contributed by atoms with van der Waals surface area (Å²) in [4.78, 5) is 2.51. The van der Waals surface area contributed by atoms with Gasteiger partial charge in [-0.2, -0.15) is 0 Å². The average Bonchev–Trinajstić information content (AvgIpc) is 2.11. The Kier molecular flexibility index (Phi) is 5.03. The fourth-order valence-electron chi connectivity index (χ4n) is 2.60. The van der Waals surface area contributed by atoms with E-state index in [9.17, 15) is 0 Å². The number of piperidine rings is 1. The zero-order valence-electron chi connectivity index (χ0n) is 10.6. The van der Waals surface area contributed by atoms with Gasteiger partial charge in [0.05, 0.1) is 6.61 Å². The Labute approximate surface area is 94.0 Å². The molecule has 0 aromatic rings. The molecule has 3 heteroatoms. The third-order valence-electron chi connectivity index (χ3n) is 3.30. The minimum atomic E-state index is 0.340. The van der Waals surface area contributed by atoms with Crippen molar-refractivity contribution < 1.29 is 4.74 Å². The Balaban J connectivity index is 2.57. The van der Waals surface area contributed by atoms with E-state index in [2.05, 4.69) is 25.7 Å². The van der Waals surface area contributed by atoms with Crippen molar-refractivity contribution in [3.8, 4) is 0 Å². The number of ether oxygens (including phenoxy) is 1. The number of nitrogens with two attached hydrogens (primary N) is 1. The molecule has 1 heterocycles. The Bertz CT molecular complexity index is 174. The highest BCUT2D eigenvalue weighted by atomic mass is 16.5. The highest BCUT2D eigenvalue weighted by Gasteiger charge is 2.29. The van der Waals surface area contributed by atoms with E-state index >= 15 is 0 Å². The quantitative estimate of drug-likeness (QED) is 0.767. The Morgan fingerprint density at radius 3 is 2.53 bits per heavy atom. The summed E-state index contributed by atoms with van der Waals surface area (Å²) >= 11 is 0. The molecule has 0 aromatic heterocycles. The van der Waals surface area contributed by atoms with E-state index in [1.165, 1.54) is 6.54 Å². The molecule has 0 radical (unpaired) electrons. The molecule has 0 amide bonds. The van der Waals surface area contributed by atoms with Gasteiger partial charge < -0.3 is 10.5 Å². The monoisotopic (exact) mass is 214 g/mol. The van der Waals surface area contributed by atoms with Crippen molar-refractivity contribution in [1.82, 2.24) is 4.90 Å². The number of likely N-dealkylation sites (tertiary alicyclic amines) is 1. The van der Waals surface area contributed by atoms with Crippen LogP contribution in [0.4, 0.5) is 0 Å². The van der Waals surface area contributed by atoms with E-state index in [1.54, 1.807) is 7.11 Å². The average molecular weight is 214 g/mol. The first kappa shape index (κ1) is 12.9. The Morgan fingerprint density at radius 1 is 1.40 bits per heavy atom. The number of hydrogen-bond acceptors (Lipinski definition) is 3. The van der Waals surface area contributed by atoms with Crippen molar-refractivity contribution in [2.24, 2.45) is 17.6 Å². The van der Waals surface area contributed by atoms with E-state index in [4.69, 9.17) is 10.5 Å². The van der Waals surface area contributed by atoms with Crippen molar-refractivity contribution in [3.05, 3.63) is 0 Å². The molecule has 1 saturated heterocycles. The SMILES string of the molecule is COCC(C(C)C)N1CC(C)CC(N)C1. The Hall–Kier alpha value is -0.120. The number of nitrogens with zero attached hydrogens (tertiary/aromatic N) is 1. The molecule has 2 N–H and O–H groups in total. The molecule has 15 heavy (non-hydrogen) atoms. The third kappa shape index (κ3) is 3.74. The summed E-state index contributed by atoms with van der Waals surface area (Å²) in [5.41, 5.74) is 6.07. The summed E-state index contributed by atoms with van der Waals surface area (Å²) in [6.45, 7) is 9.81. The van der Waals surface area contributed by atoms with Crippen LogP contribution in [0.5, 0.6) is 0 Å². The summed E-state index contributed by atoms with van der Waals surface area (Å²) < 4.78 is 5.31. The minimum Gasteiger partial charge on any atom is -0.383 e. The van der Waals surface area contributed by atoms with Gasteiger partial charge in [0.2, 0.25) is 0 Å². The second-order valence-electron chi connectivity index (χ2n) is 5.32. The van der Waals surface area contributed by atoms with Crippen molar-refractivity contribution in [2.45, 2.75) is 39.3 Å². The molecule has 0 spiro atoms. The molecule has 90 valence electrons. The van der Waals surface area contributed by atoms with Gasteiger partial charge in [-0.05, 0) is 18.3 Å². The highest BCUT2D eigenvalue weighted by molar-refractivity contribution is 4.85. The highest BCUT2D eigenvalue weighted by Crippen LogP contribution is 2.20. The smallest absolute Gasteiger partial charge is 0.0620 e. The largest absolute Gasteiger partial charge is 0.383 e. The van der Waals surface area contributed by atoms with Crippen LogP contribution in [0.1, 0.15) is 27.2 Å². The van der Waals surface area contributed by atoms with Crippen molar-refractivity contribution in [1.29, 1.82) is 0 Å². The molecule has 1 aliphatic heterocycles. The van der Waals surface area contributed by atoms with Gasteiger partial charge in [-0.25, -0.2) is 0 Å². The molecule has 1 rings (SSSR count). The summed E-state index contributed by atoms with van der Waals surface area (Å²) in [5, 5.41) is 0. The van der Waals surface area contributed by atoms with Crippen LogP contribution >= 0.6 is 0 Å². The number of hydrogen-bond donors (Lipinski definition) is 1. The predicted octanol–water partition coefficient (Wildman–Crippen LogP) is 1.33. The lowest BCUT2D eigenvalue weighted by molar-refractivity contribution is 0.0336. The third-order valence-corrected chi connectivity index (χ3v) is 3.30. The Morgan fingerprint density at radius 2 is 2.07 bits per heavy atom. The van der Waals surface area contributed by atoms with Crippen LogP contribution in [0.15, 0.2) is 0 Å². The lowest BCUT2D eigenvalue weighted by atomic mass is 9.92. The second-order valence-corrected chi connectivity index (χ2v) is 5.32. The normalized spacial score (nSPS) is 30.8. The zero-order chi connectivity index (χ0) is 11.4. The van der Waals surface area contributed by atoms with E-state index in [1.807, 2.05) is 0 Å². The molecule has 3 nitrogen and oxygen atoms in total. The fraction of sp³-hybridized carbons (Fsp3) is 1.00. The lowest BCUT2D eigenvalue weighted by Gasteiger charge is -2.41. The standard InChI is InChI=1S/C12H26N2O/c1-9(2)12(8-15-4)14-6-10(3)5-11(13)7-14/h9-12H,5-8,13H2,1-4H3. The van der Waals surface area contributed by atoms with Gasteiger partial charge in [0.25, 0.3) is 0 Å². The van der Waals surface area contributed by atoms with Gasteiger partial charge in [-0.1, -0.05) is 20.8 Å². The minimum absolute atomic E-state index is 0.340. The first-order valence-corrected chi connectivity index (χ1v) is 6.03. The van der Waals surface area contributed by atoms with Crippen LogP contribution in [0.3, 0.4) is 0 Å². The van der Waals surface area contributed by atoms with Crippen LogP contribution in [0.25, 0.3) is 0 Å². The molecular weight excluding hydrogens is 188 g/mol. The molecule has 1 aliphatic rings. The van der Waals surface area contributed by atoms with Crippen molar-refractivity contribution in [3.63, 3.8) is 0 Å². The van der Waals surface area contributed by atoms with E-state index in [0.717, 1.165) is 19.6 Å². The van der Waals surface area contributed by atoms with Crippen LogP contribution in [-0.4, -0.2) is 43.8 Å². The maximum Gasteiger partial charge on any atom is 0.0620 e. The molecule has 0 bridgehead atoms. The van der Waals surface area contributed by atoms with E-state index < -0.39 is 0 Å². The number of methoxy groups -OCH3 is 1. The van der Waals surface area contributed by atoms with E-state index in [-0.39, 0.29) is 0 Å². The zero-order valence-corrected chi connectivity index (χ0v) is 10.6. The molecule has 3 unspecified atom stereocenters. The van der Waals surface area contributed by atoms with Crippen molar-refractivity contribution >= 4 is 0 Å². The molecule has 1 fully saturated rings.